The second-order valence-corrected chi connectivity index (χ2v) is 5.71. The van der Waals surface area contributed by atoms with Crippen molar-refractivity contribution < 1.29 is 13.6 Å². The SMILES string of the molecule is Cc1c(C(=O)Nc2ccc3oc(=O)[nH]c3c2)cnn1-c1ccc(F)cc1. The largest absolute Gasteiger partial charge is 0.417 e. The molecule has 0 unspecified atom stereocenters. The van der Waals surface area contributed by atoms with Crippen LogP contribution in [0.3, 0.4) is 0 Å². The molecule has 0 aliphatic carbocycles. The molecule has 0 spiro atoms. The van der Waals surface area contributed by atoms with E-state index < -0.39 is 5.76 Å². The summed E-state index contributed by atoms with van der Waals surface area (Å²) < 4.78 is 19.6. The van der Waals surface area contributed by atoms with E-state index in [9.17, 15) is 14.0 Å². The van der Waals surface area contributed by atoms with Crippen molar-refractivity contribution in [3.8, 4) is 5.69 Å². The Hall–Kier alpha value is -3.68. The lowest BCUT2D eigenvalue weighted by atomic mass is 10.2. The number of H-pyrrole nitrogens is 1. The Bertz CT molecular complexity index is 1170. The number of amides is 1. The molecule has 2 aromatic heterocycles. The van der Waals surface area contributed by atoms with Crippen LogP contribution < -0.4 is 11.1 Å². The zero-order valence-electron chi connectivity index (χ0n) is 13.6. The molecule has 7 nitrogen and oxygen atoms in total. The average Bonchev–Trinajstić information content (AvgIpc) is 3.17. The smallest absolute Gasteiger partial charge is 0.408 e. The number of aromatic nitrogens is 3. The fraction of sp³-hybridized carbons (Fsp3) is 0.0556. The van der Waals surface area contributed by atoms with Gasteiger partial charge in [-0.15, -0.1) is 0 Å². The van der Waals surface area contributed by atoms with E-state index in [-0.39, 0.29) is 11.7 Å². The number of anilines is 1. The monoisotopic (exact) mass is 352 g/mol. The van der Waals surface area contributed by atoms with Gasteiger partial charge < -0.3 is 9.73 Å². The van der Waals surface area contributed by atoms with Crippen LogP contribution in [0.4, 0.5) is 10.1 Å². The first-order valence-electron chi connectivity index (χ1n) is 7.76. The number of fused-ring (bicyclic) bond motifs is 1. The third-order valence-corrected chi connectivity index (χ3v) is 4.00. The minimum Gasteiger partial charge on any atom is -0.408 e. The van der Waals surface area contributed by atoms with Gasteiger partial charge in [-0.1, -0.05) is 0 Å². The van der Waals surface area contributed by atoms with Crippen molar-refractivity contribution in [2.75, 3.05) is 5.32 Å². The van der Waals surface area contributed by atoms with E-state index in [0.29, 0.717) is 33.7 Å². The molecule has 1 amide bonds. The highest BCUT2D eigenvalue weighted by Crippen LogP contribution is 2.19. The Kier molecular flexibility index (Phi) is 3.65. The van der Waals surface area contributed by atoms with E-state index in [1.807, 2.05) is 0 Å². The van der Waals surface area contributed by atoms with E-state index in [2.05, 4.69) is 15.4 Å². The van der Waals surface area contributed by atoms with Gasteiger partial charge >= 0.3 is 5.76 Å². The van der Waals surface area contributed by atoms with E-state index in [0.717, 1.165) is 0 Å². The maximum Gasteiger partial charge on any atom is 0.417 e. The Labute approximate surface area is 146 Å². The fourth-order valence-corrected chi connectivity index (χ4v) is 2.70. The van der Waals surface area contributed by atoms with Crippen molar-refractivity contribution in [3.05, 3.63) is 76.3 Å². The van der Waals surface area contributed by atoms with Gasteiger partial charge in [0.1, 0.15) is 5.82 Å². The number of nitrogens with zero attached hydrogens (tertiary/aromatic N) is 2. The number of hydrogen-bond donors (Lipinski definition) is 2. The van der Waals surface area contributed by atoms with Gasteiger partial charge in [-0.05, 0) is 49.4 Å². The van der Waals surface area contributed by atoms with E-state index in [1.165, 1.54) is 18.3 Å². The summed E-state index contributed by atoms with van der Waals surface area (Å²) in [7, 11) is 0. The maximum absolute atomic E-state index is 13.1. The zero-order chi connectivity index (χ0) is 18.3. The van der Waals surface area contributed by atoms with Crippen molar-refractivity contribution in [1.29, 1.82) is 0 Å². The molecule has 130 valence electrons. The molecular formula is C18H13FN4O3. The van der Waals surface area contributed by atoms with Gasteiger partial charge in [0.25, 0.3) is 5.91 Å². The number of aromatic amines is 1. The van der Waals surface area contributed by atoms with Crippen LogP contribution in [0, 0.1) is 12.7 Å². The summed E-state index contributed by atoms with van der Waals surface area (Å²) in [6, 6.07) is 10.7. The molecule has 0 radical (unpaired) electrons. The van der Waals surface area contributed by atoms with Gasteiger partial charge in [-0.2, -0.15) is 5.10 Å². The third-order valence-electron chi connectivity index (χ3n) is 4.00. The zero-order valence-corrected chi connectivity index (χ0v) is 13.6. The summed E-state index contributed by atoms with van der Waals surface area (Å²) >= 11 is 0. The van der Waals surface area contributed by atoms with Gasteiger partial charge in [0, 0.05) is 5.69 Å². The summed E-state index contributed by atoms with van der Waals surface area (Å²) in [5, 5.41) is 6.96. The van der Waals surface area contributed by atoms with Crippen molar-refractivity contribution in [2.24, 2.45) is 0 Å². The van der Waals surface area contributed by atoms with Gasteiger partial charge in [0.05, 0.1) is 28.7 Å². The molecule has 0 aliphatic rings. The van der Waals surface area contributed by atoms with E-state index in [1.54, 1.807) is 41.9 Å². The lowest BCUT2D eigenvalue weighted by Crippen LogP contribution is -2.13. The molecule has 2 N–H and O–H groups in total. The van der Waals surface area contributed by atoms with E-state index >= 15 is 0 Å². The minimum atomic E-state index is -0.556. The highest BCUT2D eigenvalue weighted by Gasteiger charge is 2.16. The molecule has 4 aromatic rings. The molecule has 0 aliphatic heterocycles. The summed E-state index contributed by atoms with van der Waals surface area (Å²) in [6.45, 7) is 1.75. The van der Waals surface area contributed by atoms with Crippen molar-refractivity contribution in [1.82, 2.24) is 14.8 Å². The number of hydrogen-bond acceptors (Lipinski definition) is 4. The average molecular weight is 352 g/mol. The standard InChI is InChI=1S/C18H13FN4O3/c1-10-14(9-20-23(10)13-5-2-11(19)3-6-13)17(24)21-12-4-7-16-15(8-12)22-18(25)26-16/h2-9H,1H3,(H,21,24)(H,22,25). The lowest BCUT2D eigenvalue weighted by Gasteiger charge is -2.07. The molecule has 0 atom stereocenters. The molecule has 0 fully saturated rings. The van der Waals surface area contributed by atoms with Gasteiger partial charge in [0.2, 0.25) is 0 Å². The Morgan fingerprint density at radius 2 is 2.00 bits per heavy atom. The van der Waals surface area contributed by atoms with Crippen LogP contribution in [0.15, 0.2) is 57.9 Å². The molecule has 4 rings (SSSR count). The van der Waals surface area contributed by atoms with Crippen molar-refractivity contribution in [3.63, 3.8) is 0 Å². The maximum atomic E-state index is 13.1. The number of oxazole rings is 1. The van der Waals surface area contributed by atoms with E-state index in [4.69, 9.17) is 4.42 Å². The second-order valence-electron chi connectivity index (χ2n) is 5.71. The normalized spacial score (nSPS) is 11.0. The highest BCUT2D eigenvalue weighted by atomic mass is 19.1. The molecule has 0 saturated carbocycles. The summed E-state index contributed by atoms with van der Waals surface area (Å²) in [5.41, 5.74) is 3.07. The highest BCUT2D eigenvalue weighted by molar-refractivity contribution is 6.05. The quantitative estimate of drug-likeness (QED) is 0.593. The Morgan fingerprint density at radius 1 is 1.23 bits per heavy atom. The second kappa shape index (κ2) is 5.99. The number of nitrogens with one attached hydrogen (secondary N) is 2. The fourth-order valence-electron chi connectivity index (χ4n) is 2.70. The predicted octanol–water partition coefficient (Wildman–Crippen LogP) is 3.01. The van der Waals surface area contributed by atoms with Crippen molar-refractivity contribution >= 4 is 22.7 Å². The topological polar surface area (TPSA) is 92.9 Å². The molecule has 0 saturated heterocycles. The molecular weight excluding hydrogens is 339 g/mol. The third kappa shape index (κ3) is 2.77. The molecule has 2 heterocycles. The van der Waals surface area contributed by atoms with Gasteiger partial charge in [0.15, 0.2) is 5.58 Å². The van der Waals surface area contributed by atoms with Crippen LogP contribution in [0.25, 0.3) is 16.8 Å². The van der Waals surface area contributed by atoms with Gasteiger partial charge in [-0.25, -0.2) is 13.9 Å². The van der Waals surface area contributed by atoms with Crippen LogP contribution in [-0.4, -0.2) is 20.7 Å². The summed E-state index contributed by atoms with van der Waals surface area (Å²) in [5.74, 6) is -1.25. The number of carbonyl (C=O) groups is 1. The molecule has 2 aromatic carbocycles. The molecule has 26 heavy (non-hydrogen) atoms. The Balaban J connectivity index is 1.61. The first kappa shape index (κ1) is 15.8. The van der Waals surface area contributed by atoms with Crippen LogP contribution in [-0.2, 0) is 0 Å². The van der Waals surface area contributed by atoms with Crippen LogP contribution >= 0.6 is 0 Å². The van der Waals surface area contributed by atoms with Crippen LogP contribution in [0.2, 0.25) is 0 Å². The molecule has 0 bridgehead atoms. The van der Waals surface area contributed by atoms with Crippen molar-refractivity contribution in [2.45, 2.75) is 6.92 Å². The summed E-state index contributed by atoms with van der Waals surface area (Å²) in [4.78, 5) is 26.3. The predicted molar refractivity (Wildman–Crippen MR) is 93.0 cm³/mol. The summed E-state index contributed by atoms with van der Waals surface area (Å²) in [6.07, 6.45) is 1.45. The first-order chi connectivity index (χ1) is 12.5. The lowest BCUT2D eigenvalue weighted by molar-refractivity contribution is 0.102. The first-order valence-corrected chi connectivity index (χ1v) is 7.76. The van der Waals surface area contributed by atoms with Crippen LogP contribution in [0.5, 0.6) is 0 Å². The number of halogens is 1. The van der Waals surface area contributed by atoms with Crippen LogP contribution in [0.1, 0.15) is 16.1 Å². The minimum absolute atomic E-state index is 0.343. The number of benzene rings is 2. The van der Waals surface area contributed by atoms with Gasteiger partial charge in [-0.3, -0.25) is 9.78 Å². The number of rotatable bonds is 3. The Morgan fingerprint density at radius 3 is 2.77 bits per heavy atom. The number of carbonyl (C=O) groups excluding carboxylic acids is 1. The molecule has 8 heteroatoms.